The molecule has 1 aromatic carbocycles. The molecule has 0 radical (unpaired) electrons. The molecule has 0 aliphatic heterocycles. The Morgan fingerprint density at radius 2 is 2.00 bits per heavy atom. The minimum atomic E-state index is -4.46. The first kappa shape index (κ1) is 15.4. The van der Waals surface area contributed by atoms with Crippen LogP contribution in [0, 0.1) is 0 Å². The van der Waals surface area contributed by atoms with Crippen LogP contribution in [-0.2, 0) is 6.18 Å². The molecular weight excluding hydrogens is 377 g/mol. The molecule has 1 aromatic heterocycles. The molecular formula is C12H6BrF3O2S2. The van der Waals surface area contributed by atoms with Crippen LogP contribution in [0.2, 0.25) is 0 Å². The molecule has 20 heavy (non-hydrogen) atoms. The molecule has 2 rings (SSSR count). The highest BCUT2D eigenvalue weighted by Crippen LogP contribution is 2.41. The van der Waals surface area contributed by atoms with E-state index in [0.717, 1.165) is 29.2 Å². The van der Waals surface area contributed by atoms with E-state index in [1.54, 1.807) is 0 Å². The van der Waals surface area contributed by atoms with Crippen molar-refractivity contribution in [3.63, 3.8) is 0 Å². The van der Waals surface area contributed by atoms with Crippen LogP contribution in [0.25, 0.3) is 0 Å². The number of carboxylic acid groups (broad SMARTS) is 1. The van der Waals surface area contributed by atoms with Gasteiger partial charge in [-0.25, -0.2) is 4.79 Å². The van der Waals surface area contributed by atoms with Crippen LogP contribution in [0.4, 0.5) is 13.2 Å². The first-order chi connectivity index (χ1) is 9.27. The molecule has 106 valence electrons. The van der Waals surface area contributed by atoms with Crippen molar-refractivity contribution in [1.82, 2.24) is 0 Å². The number of halogens is 4. The van der Waals surface area contributed by atoms with E-state index >= 15 is 0 Å². The molecule has 0 unspecified atom stereocenters. The topological polar surface area (TPSA) is 37.3 Å². The SMILES string of the molecule is O=C(O)c1cc(Sc2ccc(Br)cc2C(F)(F)F)cs1. The van der Waals surface area contributed by atoms with Gasteiger partial charge in [-0.1, -0.05) is 27.7 Å². The van der Waals surface area contributed by atoms with Crippen molar-refractivity contribution in [3.05, 3.63) is 44.6 Å². The zero-order valence-electron chi connectivity index (χ0n) is 9.57. The first-order valence-corrected chi connectivity index (χ1v) is 7.62. The van der Waals surface area contributed by atoms with Gasteiger partial charge in [0.05, 0.1) is 5.56 Å². The standard InChI is InChI=1S/C12H6BrF3O2S2/c13-6-1-2-9(8(3-6)12(14,15)16)20-7-4-10(11(17)18)19-5-7/h1-5H,(H,17,18). The molecule has 0 saturated carbocycles. The van der Waals surface area contributed by atoms with Crippen molar-refractivity contribution in [3.8, 4) is 0 Å². The molecule has 0 aliphatic carbocycles. The molecule has 8 heteroatoms. The fourth-order valence-corrected chi connectivity index (χ4v) is 3.66. The number of alkyl halides is 3. The van der Waals surface area contributed by atoms with Crippen LogP contribution in [-0.4, -0.2) is 11.1 Å². The summed E-state index contributed by atoms with van der Waals surface area (Å²) in [6.45, 7) is 0. The average Bonchev–Trinajstić information content (AvgIpc) is 2.79. The van der Waals surface area contributed by atoms with Crippen LogP contribution in [0.3, 0.4) is 0 Å². The fraction of sp³-hybridized carbons (Fsp3) is 0.0833. The summed E-state index contributed by atoms with van der Waals surface area (Å²) in [6.07, 6.45) is -4.46. The van der Waals surface area contributed by atoms with Gasteiger partial charge in [0, 0.05) is 19.6 Å². The monoisotopic (exact) mass is 382 g/mol. The van der Waals surface area contributed by atoms with Crippen LogP contribution in [0.1, 0.15) is 15.2 Å². The Hall–Kier alpha value is -0.990. The van der Waals surface area contributed by atoms with Crippen LogP contribution in [0.15, 0.2) is 43.9 Å². The summed E-state index contributed by atoms with van der Waals surface area (Å²) in [7, 11) is 0. The van der Waals surface area contributed by atoms with Crippen molar-refractivity contribution in [1.29, 1.82) is 0 Å². The highest BCUT2D eigenvalue weighted by Gasteiger charge is 2.34. The summed E-state index contributed by atoms with van der Waals surface area (Å²) >= 11 is 4.89. The van der Waals surface area contributed by atoms with Gasteiger partial charge in [-0.15, -0.1) is 11.3 Å². The molecule has 1 N–H and O–H groups in total. The molecule has 1 heterocycles. The lowest BCUT2D eigenvalue weighted by Gasteiger charge is -2.12. The number of aromatic carboxylic acids is 1. The van der Waals surface area contributed by atoms with E-state index < -0.39 is 17.7 Å². The Labute approximate surface area is 128 Å². The molecule has 2 nitrogen and oxygen atoms in total. The lowest BCUT2D eigenvalue weighted by atomic mass is 10.2. The van der Waals surface area contributed by atoms with Crippen LogP contribution >= 0.6 is 39.0 Å². The van der Waals surface area contributed by atoms with E-state index in [2.05, 4.69) is 15.9 Å². The van der Waals surface area contributed by atoms with Crippen molar-refractivity contribution in [2.75, 3.05) is 0 Å². The highest BCUT2D eigenvalue weighted by molar-refractivity contribution is 9.10. The fourth-order valence-electron chi connectivity index (χ4n) is 1.42. The van der Waals surface area contributed by atoms with Crippen molar-refractivity contribution < 1.29 is 23.1 Å². The maximum absolute atomic E-state index is 12.9. The number of rotatable bonds is 3. The van der Waals surface area contributed by atoms with E-state index in [1.165, 1.54) is 23.6 Å². The highest BCUT2D eigenvalue weighted by atomic mass is 79.9. The molecule has 0 spiro atoms. The first-order valence-electron chi connectivity index (χ1n) is 5.14. The minimum Gasteiger partial charge on any atom is -0.477 e. The van der Waals surface area contributed by atoms with E-state index in [1.807, 2.05) is 0 Å². The van der Waals surface area contributed by atoms with Gasteiger partial charge in [-0.05, 0) is 24.3 Å². The van der Waals surface area contributed by atoms with Gasteiger partial charge in [-0.3, -0.25) is 0 Å². The second-order valence-corrected chi connectivity index (χ2v) is 6.63. The maximum atomic E-state index is 12.9. The number of hydrogen-bond donors (Lipinski definition) is 1. The third-order valence-electron chi connectivity index (χ3n) is 2.26. The van der Waals surface area contributed by atoms with Gasteiger partial charge in [0.25, 0.3) is 0 Å². The maximum Gasteiger partial charge on any atom is 0.417 e. The number of thiophene rings is 1. The summed E-state index contributed by atoms with van der Waals surface area (Å²) in [5, 5.41) is 10.3. The zero-order chi connectivity index (χ0) is 14.9. The molecule has 0 saturated heterocycles. The zero-order valence-corrected chi connectivity index (χ0v) is 12.8. The second-order valence-electron chi connectivity index (χ2n) is 3.69. The number of benzene rings is 1. The van der Waals surface area contributed by atoms with Gasteiger partial charge in [0.15, 0.2) is 0 Å². The summed E-state index contributed by atoms with van der Waals surface area (Å²) in [5.74, 6) is -1.09. The van der Waals surface area contributed by atoms with E-state index in [9.17, 15) is 18.0 Å². The molecule has 0 fully saturated rings. The van der Waals surface area contributed by atoms with E-state index in [-0.39, 0.29) is 9.77 Å². The summed E-state index contributed by atoms with van der Waals surface area (Å²) < 4.78 is 39.2. The Morgan fingerprint density at radius 3 is 2.55 bits per heavy atom. The lowest BCUT2D eigenvalue weighted by molar-refractivity contribution is -0.139. The lowest BCUT2D eigenvalue weighted by Crippen LogP contribution is -2.06. The molecule has 2 aromatic rings. The Balaban J connectivity index is 2.35. The average molecular weight is 383 g/mol. The van der Waals surface area contributed by atoms with Gasteiger partial charge in [0.1, 0.15) is 4.88 Å². The van der Waals surface area contributed by atoms with Crippen molar-refractivity contribution >= 4 is 45.0 Å². The Morgan fingerprint density at radius 1 is 1.30 bits per heavy atom. The normalized spacial score (nSPS) is 11.6. The summed E-state index contributed by atoms with van der Waals surface area (Å²) in [4.78, 5) is 11.4. The molecule has 0 atom stereocenters. The van der Waals surface area contributed by atoms with Gasteiger partial charge in [0.2, 0.25) is 0 Å². The van der Waals surface area contributed by atoms with Gasteiger partial charge in [-0.2, -0.15) is 13.2 Å². The molecule has 0 amide bonds. The predicted molar refractivity (Wildman–Crippen MR) is 74.5 cm³/mol. The minimum absolute atomic E-state index is 0.0374. The summed E-state index contributed by atoms with van der Waals surface area (Å²) in [5.41, 5.74) is -0.750. The predicted octanol–water partition coefficient (Wildman–Crippen LogP) is 5.38. The number of carbonyl (C=O) groups is 1. The van der Waals surface area contributed by atoms with Crippen molar-refractivity contribution in [2.45, 2.75) is 16.0 Å². The van der Waals surface area contributed by atoms with Crippen LogP contribution in [0.5, 0.6) is 0 Å². The second kappa shape index (κ2) is 5.79. The van der Waals surface area contributed by atoms with E-state index in [4.69, 9.17) is 5.11 Å². The summed E-state index contributed by atoms with van der Waals surface area (Å²) in [6, 6.07) is 5.24. The molecule has 0 aliphatic rings. The quantitative estimate of drug-likeness (QED) is 0.774. The van der Waals surface area contributed by atoms with Gasteiger partial charge < -0.3 is 5.11 Å². The van der Waals surface area contributed by atoms with Gasteiger partial charge >= 0.3 is 12.1 Å². The van der Waals surface area contributed by atoms with Crippen LogP contribution < -0.4 is 0 Å². The third-order valence-corrected chi connectivity index (χ3v) is 4.87. The Bertz CT molecular complexity index is 652. The molecule has 0 bridgehead atoms. The number of carboxylic acids is 1. The third kappa shape index (κ3) is 3.56. The van der Waals surface area contributed by atoms with Crippen molar-refractivity contribution in [2.24, 2.45) is 0 Å². The smallest absolute Gasteiger partial charge is 0.417 e. The van der Waals surface area contributed by atoms with E-state index in [0.29, 0.717) is 9.37 Å². The Kier molecular flexibility index (Phi) is 4.46. The largest absolute Gasteiger partial charge is 0.477 e. The number of hydrogen-bond acceptors (Lipinski definition) is 3.